The fraction of sp³-hybridized carbons (Fsp3) is 0.364. The van der Waals surface area contributed by atoms with E-state index in [4.69, 9.17) is 4.74 Å². The van der Waals surface area contributed by atoms with Crippen LogP contribution in [0, 0.1) is 6.92 Å². The Kier molecular flexibility index (Phi) is 5.05. The van der Waals surface area contributed by atoms with Crippen molar-refractivity contribution in [2.24, 2.45) is 0 Å². The summed E-state index contributed by atoms with van der Waals surface area (Å²) in [7, 11) is 1.58. The Morgan fingerprint density at radius 2 is 1.68 bits per heavy atom. The molecule has 2 amide bonds. The number of benzene rings is 2. The number of rotatable bonds is 4. The monoisotopic (exact) mass is 379 g/mol. The summed E-state index contributed by atoms with van der Waals surface area (Å²) < 4.78 is 5.27. The average molecular weight is 379 g/mol. The van der Waals surface area contributed by atoms with Crippen molar-refractivity contribution >= 4 is 23.2 Å². The molecule has 6 nitrogen and oxygen atoms in total. The van der Waals surface area contributed by atoms with E-state index in [1.54, 1.807) is 13.2 Å². The molecule has 4 rings (SSSR count). The summed E-state index contributed by atoms with van der Waals surface area (Å²) in [4.78, 5) is 31.6. The van der Waals surface area contributed by atoms with Gasteiger partial charge in [-0.3, -0.25) is 14.5 Å². The number of aryl methyl sites for hydroxylation is 1. The van der Waals surface area contributed by atoms with Crippen molar-refractivity contribution < 1.29 is 14.3 Å². The molecular weight excluding hydrogens is 354 g/mol. The van der Waals surface area contributed by atoms with Crippen LogP contribution in [0.5, 0.6) is 5.75 Å². The summed E-state index contributed by atoms with van der Waals surface area (Å²) in [6.45, 7) is 5.13. The summed E-state index contributed by atoms with van der Waals surface area (Å²) >= 11 is 0. The van der Waals surface area contributed by atoms with Crippen molar-refractivity contribution in [1.29, 1.82) is 0 Å². The lowest BCUT2D eigenvalue weighted by Gasteiger charge is -2.38. The number of methoxy groups -OCH3 is 1. The molecule has 2 heterocycles. The van der Waals surface area contributed by atoms with E-state index in [1.165, 1.54) is 10.6 Å². The number of hydrogen-bond acceptors (Lipinski definition) is 5. The van der Waals surface area contributed by atoms with Crippen LogP contribution in [0.3, 0.4) is 0 Å². The number of para-hydroxylation sites is 1. The van der Waals surface area contributed by atoms with Crippen LogP contribution in [0.15, 0.2) is 48.5 Å². The molecule has 2 saturated heterocycles. The number of hydrogen-bond donors (Lipinski definition) is 0. The first kappa shape index (κ1) is 18.5. The maximum Gasteiger partial charge on any atom is 0.251 e. The Morgan fingerprint density at radius 3 is 2.36 bits per heavy atom. The van der Waals surface area contributed by atoms with Gasteiger partial charge in [0.25, 0.3) is 5.91 Å². The number of carbonyl (C=O) groups excluding carboxylic acids is 2. The molecule has 2 aliphatic heterocycles. The van der Waals surface area contributed by atoms with Crippen molar-refractivity contribution in [1.82, 2.24) is 4.90 Å². The average Bonchev–Trinajstić information content (AvgIpc) is 3.03. The van der Waals surface area contributed by atoms with Gasteiger partial charge in [-0.05, 0) is 30.7 Å². The number of ether oxygens (including phenoxy) is 1. The van der Waals surface area contributed by atoms with E-state index >= 15 is 0 Å². The number of anilines is 2. The Balaban J connectivity index is 1.48. The zero-order valence-corrected chi connectivity index (χ0v) is 16.3. The summed E-state index contributed by atoms with van der Waals surface area (Å²) in [5.74, 6) is 0.368. The first-order valence-corrected chi connectivity index (χ1v) is 9.64. The van der Waals surface area contributed by atoms with E-state index in [0.29, 0.717) is 11.4 Å². The number of carbonyl (C=O) groups is 2. The molecular formula is C22H25N3O3. The van der Waals surface area contributed by atoms with Crippen LogP contribution >= 0.6 is 0 Å². The number of piperazine rings is 1. The van der Waals surface area contributed by atoms with Gasteiger partial charge in [0.2, 0.25) is 5.91 Å². The topological polar surface area (TPSA) is 53.1 Å². The zero-order chi connectivity index (χ0) is 19.7. The maximum absolute atomic E-state index is 13.1. The van der Waals surface area contributed by atoms with Crippen LogP contribution in [0.2, 0.25) is 0 Å². The highest BCUT2D eigenvalue weighted by molar-refractivity contribution is 6.22. The smallest absolute Gasteiger partial charge is 0.251 e. The highest BCUT2D eigenvalue weighted by Gasteiger charge is 2.43. The molecule has 1 atom stereocenters. The lowest BCUT2D eigenvalue weighted by Crippen LogP contribution is -2.52. The molecule has 0 unspecified atom stereocenters. The first-order valence-electron chi connectivity index (χ1n) is 9.64. The van der Waals surface area contributed by atoms with Gasteiger partial charge >= 0.3 is 0 Å². The molecule has 0 bridgehead atoms. The molecule has 2 fully saturated rings. The second kappa shape index (κ2) is 7.64. The van der Waals surface area contributed by atoms with Gasteiger partial charge in [-0.25, -0.2) is 4.90 Å². The Morgan fingerprint density at radius 1 is 0.964 bits per heavy atom. The van der Waals surface area contributed by atoms with Crippen molar-refractivity contribution in [3.8, 4) is 5.75 Å². The van der Waals surface area contributed by atoms with Gasteiger partial charge in [-0.2, -0.15) is 0 Å². The second-order valence-corrected chi connectivity index (χ2v) is 7.30. The molecule has 2 aliphatic rings. The Labute approximate surface area is 165 Å². The minimum Gasteiger partial charge on any atom is -0.497 e. The van der Waals surface area contributed by atoms with Gasteiger partial charge in [0.15, 0.2) is 0 Å². The van der Waals surface area contributed by atoms with Crippen molar-refractivity contribution in [3.05, 3.63) is 54.1 Å². The summed E-state index contributed by atoms with van der Waals surface area (Å²) in [6.07, 6.45) is 0.237. The van der Waals surface area contributed by atoms with E-state index in [-0.39, 0.29) is 24.3 Å². The van der Waals surface area contributed by atoms with Crippen molar-refractivity contribution in [2.45, 2.75) is 19.4 Å². The molecule has 146 valence electrons. The van der Waals surface area contributed by atoms with E-state index in [9.17, 15) is 9.59 Å². The van der Waals surface area contributed by atoms with Crippen LogP contribution in [-0.2, 0) is 9.59 Å². The minimum absolute atomic E-state index is 0.130. The maximum atomic E-state index is 13.1. The highest BCUT2D eigenvalue weighted by Crippen LogP contribution is 2.31. The lowest BCUT2D eigenvalue weighted by molar-refractivity contribution is -0.123. The molecule has 0 aliphatic carbocycles. The van der Waals surface area contributed by atoms with Gasteiger partial charge in [0.1, 0.15) is 5.75 Å². The number of amides is 2. The molecule has 28 heavy (non-hydrogen) atoms. The molecule has 2 aromatic rings. The molecule has 6 heteroatoms. The zero-order valence-electron chi connectivity index (χ0n) is 16.3. The van der Waals surface area contributed by atoms with E-state index in [0.717, 1.165) is 31.7 Å². The highest BCUT2D eigenvalue weighted by atomic mass is 16.5. The van der Waals surface area contributed by atoms with Gasteiger partial charge in [-0.15, -0.1) is 0 Å². The van der Waals surface area contributed by atoms with Crippen LogP contribution in [0.4, 0.5) is 11.4 Å². The largest absolute Gasteiger partial charge is 0.497 e. The SMILES string of the molecule is COc1ccc(C)c(N2C(=O)C[C@H](N3CCN(c4ccccc4)CC3)C2=O)c1. The molecule has 0 saturated carbocycles. The van der Waals surface area contributed by atoms with Gasteiger partial charge < -0.3 is 9.64 Å². The van der Waals surface area contributed by atoms with E-state index in [1.807, 2.05) is 37.3 Å². The fourth-order valence-corrected chi connectivity index (χ4v) is 4.04. The fourth-order valence-electron chi connectivity index (χ4n) is 4.04. The van der Waals surface area contributed by atoms with Crippen LogP contribution in [-0.4, -0.2) is 56.0 Å². The minimum atomic E-state index is -0.379. The third kappa shape index (κ3) is 3.36. The number of nitrogens with zero attached hydrogens (tertiary/aromatic N) is 3. The second-order valence-electron chi connectivity index (χ2n) is 7.30. The standard InChI is InChI=1S/C22H25N3O3/c1-16-8-9-18(28-2)14-19(16)25-21(26)15-20(22(25)27)24-12-10-23(11-13-24)17-6-4-3-5-7-17/h3-9,14,20H,10-13,15H2,1-2H3/t20-/m0/s1. The van der Waals surface area contributed by atoms with Crippen LogP contribution in [0.1, 0.15) is 12.0 Å². The van der Waals surface area contributed by atoms with E-state index < -0.39 is 0 Å². The molecule has 0 radical (unpaired) electrons. The van der Waals surface area contributed by atoms with Gasteiger partial charge in [-0.1, -0.05) is 24.3 Å². The number of imide groups is 1. The lowest BCUT2D eigenvalue weighted by atomic mass is 10.1. The normalized spacial score (nSPS) is 20.7. The quantitative estimate of drug-likeness (QED) is 0.764. The predicted molar refractivity (Wildman–Crippen MR) is 109 cm³/mol. The van der Waals surface area contributed by atoms with Crippen molar-refractivity contribution in [3.63, 3.8) is 0 Å². The van der Waals surface area contributed by atoms with Crippen molar-refractivity contribution in [2.75, 3.05) is 43.1 Å². The summed E-state index contributed by atoms with van der Waals surface area (Å²) in [5.41, 5.74) is 2.71. The molecule has 2 aromatic carbocycles. The molecule has 0 spiro atoms. The van der Waals surface area contributed by atoms with Gasteiger partial charge in [0, 0.05) is 37.9 Å². The Hall–Kier alpha value is -2.86. The molecule has 0 aromatic heterocycles. The van der Waals surface area contributed by atoms with Crippen LogP contribution < -0.4 is 14.5 Å². The summed E-state index contributed by atoms with van der Waals surface area (Å²) in [5, 5.41) is 0. The Bertz CT molecular complexity index is 876. The predicted octanol–water partition coefficient (Wildman–Crippen LogP) is 2.46. The third-order valence-electron chi connectivity index (χ3n) is 5.66. The van der Waals surface area contributed by atoms with E-state index in [2.05, 4.69) is 21.9 Å². The summed E-state index contributed by atoms with van der Waals surface area (Å²) in [6, 6.07) is 15.4. The molecule has 0 N–H and O–H groups in total. The van der Waals surface area contributed by atoms with Crippen LogP contribution in [0.25, 0.3) is 0 Å². The van der Waals surface area contributed by atoms with Gasteiger partial charge in [0.05, 0.1) is 25.3 Å². The third-order valence-corrected chi connectivity index (χ3v) is 5.66. The first-order chi connectivity index (χ1) is 13.6.